The second-order valence-electron chi connectivity index (χ2n) is 6.56. The number of anilines is 1. The van der Waals surface area contributed by atoms with Crippen LogP contribution in [0.1, 0.15) is 12.8 Å². The van der Waals surface area contributed by atoms with E-state index in [2.05, 4.69) is 35.8 Å². The van der Waals surface area contributed by atoms with Gasteiger partial charge in [-0.05, 0) is 54.5 Å². The van der Waals surface area contributed by atoms with Gasteiger partial charge >= 0.3 is 0 Å². The van der Waals surface area contributed by atoms with Crippen LogP contribution in [-0.2, 0) is 11.3 Å². The number of piperidine rings is 1. The van der Waals surface area contributed by atoms with Crippen LogP contribution in [0.5, 0.6) is 0 Å². The van der Waals surface area contributed by atoms with Gasteiger partial charge in [0.2, 0.25) is 11.7 Å². The molecule has 0 spiro atoms. The summed E-state index contributed by atoms with van der Waals surface area (Å²) in [6.07, 6.45) is 3.36. The summed E-state index contributed by atoms with van der Waals surface area (Å²) in [4.78, 5) is 15.8. The van der Waals surface area contributed by atoms with Crippen molar-refractivity contribution in [2.24, 2.45) is 0 Å². The Labute approximate surface area is 166 Å². The maximum Gasteiger partial charge on any atom is 0.243 e. The highest BCUT2D eigenvalue weighted by molar-refractivity contribution is 6.30. The molecule has 1 aromatic carbocycles. The lowest BCUT2D eigenvalue weighted by atomic mass is 10.1. The van der Waals surface area contributed by atoms with Gasteiger partial charge in [-0.2, -0.15) is 9.90 Å². The largest absolute Gasteiger partial charge is 0.355 e. The Balaban J connectivity index is 1.28. The van der Waals surface area contributed by atoms with Crippen LogP contribution in [0.25, 0.3) is 11.4 Å². The summed E-state index contributed by atoms with van der Waals surface area (Å²) in [5, 5.41) is 23.9. The van der Waals surface area contributed by atoms with Gasteiger partial charge in [-0.3, -0.25) is 4.79 Å². The third-order valence-corrected chi connectivity index (χ3v) is 4.83. The first-order valence-corrected chi connectivity index (χ1v) is 9.41. The van der Waals surface area contributed by atoms with E-state index in [1.165, 1.54) is 4.80 Å². The molecule has 0 atom stereocenters. The number of carbonyl (C=O) groups is 1. The van der Waals surface area contributed by atoms with E-state index < -0.39 is 0 Å². The first kappa shape index (κ1) is 18.3. The summed E-state index contributed by atoms with van der Waals surface area (Å²) in [5.74, 6) is 1.20. The molecule has 0 unspecified atom stereocenters. The lowest BCUT2D eigenvalue weighted by Crippen LogP contribution is -2.46. The number of aromatic nitrogens is 6. The summed E-state index contributed by atoms with van der Waals surface area (Å²) in [5.41, 5.74) is 0.799. The number of hydrogen-bond donors (Lipinski definition) is 1. The molecule has 3 aromatic rings. The number of halogens is 1. The average Bonchev–Trinajstić information content (AvgIpc) is 3.18. The third kappa shape index (κ3) is 4.42. The van der Waals surface area contributed by atoms with Crippen molar-refractivity contribution in [2.75, 3.05) is 18.0 Å². The zero-order valence-electron chi connectivity index (χ0n) is 15.1. The van der Waals surface area contributed by atoms with E-state index in [1.807, 2.05) is 24.3 Å². The van der Waals surface area contributed by atoms with Gasteiger partial charge in [0.05, 0.1) is 0 Å². The number of carbonyl (C=O) groups excluding carboxylic acids is 1. The molecule has 0 aliphatic carbocycles. The molecule has 1 aliphatic rings. The molecule has 1 N–H and O–H groups in total. The summed E-state index contributed by atoms with van der Waals surface area (Å²) >= 11 is 5.89. The molecular formula is C18H19ClN8O. The second kappa shape index (κ2) is 8.30. The maximum absolute atomic E-state index is 12.3. The Morgan fingerprint density at radius 3 is 2.64 bits per heavy atom. The van der Waals surface area contributed by atoms with Gasteiger partial charge < -0.3 is 10.2 Å². The zero-order chi connectivity index (χ0) is 19.3. The standard InChI is InChI=1S/C18H19ClN8O/c19-14-5-3-13(4-6-14)18-23-25-27(24-18)12-17(28)21-15-7-10-26(11-8-15)16-2-1-9-20-22-16/h1-6,9,15H,7-8,10-12H2,(H,21,28). The minimum absolute atomic E-state index is 0.0327. The fourth-order valence-electron chi connectivity index (χ4n) is 3.14. The molecule has 28 heavy (non-hydrogen) atoms. The SMILES string of the molecule is O=C(Cn1nnc(-c2ccc(Cl)cc2)n1)NC1CCN(c2cccnn2)CC1. The second-order valence-corrected chi connectivity index (χ2v) is 7.00. The highest BCUT2D eigenvalue weighted by Gasteiger charge is 2.22. The van der Waals surface area contributed by atoms with Crippen LogP contribution in [0.15, 0.2) is 42.6 Å². The zero-order valence-corrected chi connectivity index (χ0v) is 15.8. The van der Waals surface area contributed by atoms with E-state index >= 15 is 0 Å². The van der Waals surface area contributed by atoms with Gasteiger partial charge in [-0.1, -0.05) is 11.6 Å². The van der Waals surface area contributed by atoms with Gasteiger partial charge in [0.15, 0.2) is 5.82 Å². The van der Waals surface area contributed by atoms with Crippen molar-refractivity contribution in [1.29, 1.82) is 0 Å². The first-order valence-electron chi connectivity index (χ1n) is 9.03. The third-order valence-electron chi connectivity index (χ3n) is 4.58. The monoisotopic (exact) mass is 398 g/mol. The highest BCUT2D eigenvalue weighted by Crippen LogP contribution is 2.18. The summed E-state index contributed by atoms with van der Waals surface area (Å²) in [6, 6.07) is 11.1. The molecule has 144 valence electrons. The molecule has 2 aromatic heterocycles. The summed E-state index contributed by atoms with van der Waals surface area (Å²) in [6.45, 7) is 1.68. The van der Waals surface area contributed by atoms with E-state index in [-0.39, 0.29) is 18.5 Å². The van der Waals surface area contributed by atoms with Crippen LogP contribution in [0.4, 0.5) is 5.82 Å². The molecule has 1 amide bonds. The minimum Gasteiger partial charge on any atom is -0.355 e. The fraction of sp³-hybridized carbons (Fsp3) is 0.333. The molecular weight excluding hydrogens is 380 g/mol. The van der Waals surface area contributed by atoms with Crippen molar-refractivity contribution < 1.29 is 4.79 Å². The van der Waals surface area contributed by atoms with Crippen molar-refractivity contribution >= 4 is 23.3 Å². The first-order chi connectivity index (χ1) is 13.7. The van der Waals surface area contributed by atoms with Crippen LogP contribution in [-0.4, -0.2) is 55.4 Å². The van der Waals surface area contributed by atoms with Crippen LogP contribution < -0.4 is 10.2 Å². The Kier molecular flexibility index (Phi) is 5.43. The normalized spacial score (nSPS) is 14.8. The molecule has 1 aliphatic heterocycles. The topological polar surface area (TPSA) is 102 Å². The number of rotatable bonds is 5. The van der Waals surface area contributed by atoms with Crippen LogP contribution in [0.2, 0.25) is 5.02 Å². The Morgan fingerprint density at radius 1 is 1.14 bits per heavy atom. The van der Waals surface area contributed by atoms with Crippen LogP contribution >= 0.6 is 11.6 Å². The quantitative estimate of drug-likeness (QED) is 0.695. The summed E-state index contributed by atoms with van der Waals surface area (Å²) < 4.78 is 0. The van der Waals surface area contributed by atoms with Crippen LogP contribution in [0.3, 0.4) is 0 Å². The number of hydrogen-bond acceptors (Lipinski definition) is 7. The van der Waals surface area contributed by atoms with E-state index in [0.717, 1.165) is 37.3 Å². The van der Waals surface area contributed by atoms with Crippen molar-refractivity contribution in [2.45, 2.75) is 25.4 Å². The van der Waals surface area contributed by atoms with Gasteiger partial charge in [-0.15, -0.1) is 15.3 Å². The summed E-state index contributed by atoms with van der Waals surface area (Å²) in [7, 11) is 0. The van der Waals surface area contributed by atoms with Crippen LogP contribution in [0, 0.1) is 0 Å². The van der Waals surface area contributed by atoms with Gasteiger partial charge in [0, 0.05) is 35.9 Å². The molecule has 3 heterocycles. The van der Waals surface area contributed by atoms with Gasteiger partial charge in [0.1, 0.15) is 6.54 Å². The minimum atomic E-state index is -0.127. The van der Waals surface area contributed by atoms with Gasteiger partial charge in [-0.25, -0.2) is 0 Å². The Bertz CT molecular complexity index is 922. The van der Waals surface area contributed by atoms with E-state index in [1.54, 1.807) is 18.3 Å². The average molecular weight is 399 g/mol. The predicted molar refractivity (Wildman–Crippen MR) is 104 cm³/mol. The van der Waals surface area contributed by atoms with Crippen molar-refractivity contribution in [1.82, 2.24) is 35.7 Å². The predicted octanol–water partition coefficient (Wildman–Crippen LogP) is 1.57. The Hall–Kier alpha value is -3.07. The number of amides is 1. The molecule has 0 radical (unpaired) electrons. The lowest BCUT2D eigenvalue weighted by Gasteiger charge is -2.32. The molecule has 0 bridgehead atoms. The molecule has 9 nitrogen and oxygen atoms in total. The van der Waals surface area contributed by atoms with Gasteiger partial charge in [0.25, 0.3) is 0 Å². The lowest BCUT2D eigenvalue weighted by molar-refractivity contribution is -0.122. The van der Waals surface area contributed by atoms with Crippen molar-refractivity contribution in [3.05, 3.63) is 47.6 Å². The fourth-order valence-corrected chi connectivity index (χ4v) is 3.27. The maximum atomic E-state index is 12.3. The highest BCUT2D eigenvalue weighted by atomic mass is 35.5. The van der Waals surface area contributed by atoms with E-state index in [9.17, 15) is 4.79 Å². The number of benzene rings is 1. The molecule has 4 rings (SSSR count). The molecule has 10 heteroatoms. The molecule has 0 saturated carbocycles. The van der Waals surface area contributed by atoms with Crippen molar-refractivity contribution in [3.8, 4) is 11.4 Å². The number of nitrogens with one attached hydrogen (secondary N) is 1. The van der Waals surface area contributed by atoms with Crippen molar-refractivity contribution in [3.63, 3.8) is 0 Å². The smallest absolute Gasteiger partial charge is 0.243 e. The Morgan fingerprint density at radius 2 is 1.93 bits per heavy atom. The molecule has 1 fully saturated rings. The van der Waals surface area contributed by atoms with E-state index in [4.69, 9.17) is 11.6 Å². The van der Waals surface area contributed by atoms with E-state index in [0.29, 0.717) is 10.8 Å². The number of nitrogens with zero attached hydrogens (tertiary/aromatic N) is 7. The number of tetrazole rings is 1. The molecule has 1 saturated heterocycles.